The van der Waals surface area contributed by atoms with Crippen molar-refractivity contribution in [2.24, 2.45) is 5.73 Å². The lowest BCUT2D eigenvalue weighted by atomic mass is 10.3. The predicted molar refractivity (Wildman–Crippen MR) is 50.6 cm³/mol. The Morgan fingerprint density at radius 1 is 1.64 bits per heavy atom. The molecular weight excluding hydrogens is 207 g/mol. The van der Waals surface area contributed by atoms with E-state index >= 15 is 0 Å². The van der Waals surface area contributed by atoms with Crippen molar-refractivity contribution in [1.82, 2.24) is 4.98 Å². The van der Waals surface area contributed by atoms with Gasteiger partial charge in [0.05, 0.1) is 23.9 Å². The monoisotopic (exact) mass is 216 g/mol. The number of hydrogen-bond donors (Lipinski definition) is 2. The van der Waals surface area contributed by atoms with Crippen LogP contribution in [0.4, 0.5) is 0 Å². The van der Waals surface area contributed by atoms with Gasteiger partial charge in [0.25, 0.3) is 0 Å². The first-order chi connectivity index (χ1) is 4.34. The summed E-state index contributed by atoms with van der Waals surface area (Å²) in [5.74, 6) is 0. The van der Waals surface area contributed by atoms with Crippen LogP contribution in [0.5, 0.6) is 0 Å². The van der Waals surface area contributed by atoms with Gasteiger partial charge >= 0.3 is 0 Å². The topological polar surface area (TPSA) is 59.1 Å². The number of aromatic nitrogens is 1. The zero-order chi connectivity index (χ0) is 6.69. The molecule has 0 aliphatic heterocycles. The molecule has 0 aliphatic rings. The van der Waals surface area contributed by atoms with Crippen LogP contribution in [0.25, 0.3) is 0 Å². The molecule has 0 fully saturated rings. The molecule has 1 atom stereocenters. The lowest BCUT2D eigenvalue weighted by Crippen LogP contribution is -2.14. The van der Waals surface area contributed by atoms with Gasteiger partial charge in [-0.3, -0.25) is 0 Å². The van der Waals surface area contributed by atoms with E-state index in [1.54, 1.807) is 5.51 Å². The van der Waals surface area contributed by atoms with Crippen molar-refractivity contribution >= 4 is 36.2 Å². The van der Waals surface area contributed by atoms with Crippen LogP contribution in [0.1, 0.15) is 11.7 Å². The summed E-state index contributed by atoms with van der Waals surface area (Å²) >= 11 is 1.48. The van der Waals surface area contributed by atoms with Crippen LogP contribution in [0.3, 0.4) is 0 Å². The summed E-state index contributed by atoms with van der Waals surface area (Å²) in [6, 6.07) is -0.309. The Hall–Kier alpha value is 0.130. The van der Waals surface area contributed by atoms with Crippen LogP contribution < -0.4 is 5.73 Å². The van der Waals surface area contributed by atoms with E-state index in [0.29, 0.717) is 0 Å². The molecule has 0 aliphatic carbocycles. The van der Waals surface area contributed by atoms with Gasteiger partial charge in [-0.05, 0) is 0 Å². The van der Waals surface area contributed by atoms with E-state index in [2.05, 4.69) is 4.98 Å². The summed E-state index contributed by atoms with van der Waals surface area (Å²) in [6.45, 7) is -0.0380. The van der Waals surface area contributed by atoms with Crippen molar-refractivity contribution < 1.29 is 5.11 Å². The van der Waals surface area contributed by atoms with E-state index in [4.69, 9.17) is 10.8 Å². The van der Waals surface area contributed by atoms with Gasteiger partial charge in [-0.15, -0.1) is 36.2 Å². The van der Waals surface area contributed by atoms with Crippen molar-refractivity contribution in [3.05, 3.63) is 16.6 Å². The molecule has 66 valence electrons. The Kier molecular flexibility index (Phi) is 8.49. The molecule has 0 saturated heterocycles. The summed E-state index contributed by atoms with van der Waals surface area (Å²) in [7, 11) is 0. The molecule has 0 amide bonds. The van der Waals surface area contributed by atoms with E-state index < -0.39 is 0 Å². The molecule has 3 N–H and O–H groups in total. The number of thiazole rings is 1. The van der Waals surface area contributed by atoms with Crippen molar-refractivity contribution in [2.75, 3.05) is 6.61 Å². The molecule has 6 heteroatoms. The summed E-state index contributed by atoms with van der Waals surface area (Å²) in [6.07, 6.45) is 0. The molecule has 11 heavy (non-hydrogen) atoms. The van der Waals surface area contributed by atoms with E-state index in [9.17, 15) is 0 Å². The van der Waals surface area contributed by atoms with Crippen molar-refractivity contribution in [3.8, 4) is 0 Å². The van der Waals surface area contributed by atoms with Crippen LogP contribution in [0.15, 0.2) is 10.9 Å². The molecule has 1 heterocycles. The molecular formula is C5H10Cl2N2OS. The second kappa shape index (κ2) is 6.82. The lowest BCUT2D eigenvalue weighted by molar-refractivity contribution is 0.266. The number of aliphatic hydroxyl groups excluding tert-OH is 1. The predicted octanol–water partition coefficient (Wildman–Crippen LogP) is 0.979. The first-order valence-corrected chi connectivity index (χ1v) is 3.53. The number of hydrogen-bond acceptors (Lipinski definition) is 4. The van der Waals surface area contributed by atoms with Gasteiger partial charge in [0.15, 0.2) is 0 Å². The average Bonchev–Trinajstić information content (AvgIpc) is 2.37. The van der Waals surface area contributed by atoms with Crippen LogP contribution >= 0.6 is 36.2 Å². The Morgan fingerprint density at radius 2 is 2.27 bits per heavy atom. The minimum atomic E-state index is -0.309. The van der Waals surface area contributed by atoms with Gasteiger partial charge in [0.1, 0.15) is 0 Å². The number of aliphatic hydroxyl groups is 1. The number of nitrogens with zero attached hydrogens (tertiary/aromatic N) is 1. The number of nitrogens with two attached hydrogens (primary N) is 1. The van der Waals surface area contributed by atoms with Crippen molar-refractivity contribution in [3.63, 3.8) is 0 Å². The maximum Gasteiger partial charge on any atom is 0.0795 e. The Labute approximate surface area is 81.5 Å². The van der Waals surface area contributed by atoms with Crippen LogP contribution in [0.2, 0.25) is 0 Å². The minimum Gasteiger partial charge on any atom is -0.394 e. The first-order valence-electron chi connectivity index (χ1n) is 2.59. The van der Waals surface area contributed by atoms with Gasteiger partial charge in [-0.25, -0.2) is 4.98 Å². The third-order valence-corrected chi connectivity index (χ3v) is 1.63. The molecule has 0 aromatic carbocycles. The van der Waals surface area contributed by atoms with Gasteiger partial charge in [0.2, 0.25) is 0 Å². The van der Waals surface area contributed by atoms with Gasteiger partial charge < -0.3 is 10.8 Å². The average molecular weight is 217 g/mol. The standard InChI is InChI=1S/C5H8N2OS.2ClH/c6-4(1-8)5-2-9-3-7-5;;/h2-4,8H,1,6H2;2*1H. The molecule has 1 rings (SSSR count). The molecule has 1 unspecified atom stereocenters. The largest absolute Gasteiger partial charge is 0.394 e. The highest BCUT2D eigenvalue weighted by molar-refractivity contribution is 7.07. The number of rotatable bonds is 2. The molecule has 0 saturated carbocycles. The van der Waals surface area contributed by atoms with E-state index in [-0.39, 0.29) is 37.5 Å². The van der Waals surface area contributed by atoms with Gasteiger partial charge in [-0.2, -0.15) is 0 Å². The fourth-order valence-electron chi connectivity index (χ4n) is 0.499. The normalized spacial score (nSPS) is 11.1. The summed E-state index contributed by atoms with van der Waals surface area (Å²) in [5.41, 5.74) is 7.90. The maximum atomic E-state index is 8.55. The smallest absolute Gasteiger partial charge is 0.0795 e. The second-order valence-corrected chi connectivity index (χ2v) is 2.42. The minimum absolute atomic E-state index is 0. The Morgan fingerprint density at radius 3 is 2.64 bits per heavy atom. The van der Waals surface area contributed by atoms with Crippen molar-refractivity contribution in [1.29, 1.82) is 0 Å². The van der Waals surface area contributed by atoms with E-state index in [1.165, 1.54) is 11.3 Å². The molecule has 1 aromatic rings. The summed E-state index contributed by atoms with van der Waals surface area (Å²) < 4.78 is 0. The molecule has 3 nitrogen and oxygen atoms in total. The third-order valence-electron chi connectivity index (χ3n) is 1.03. The zero-order valence-corrected chi connectivity index (χ0v) is 8.09. The van der Waals surface area contributed by atoms with Crippen LogP contribution in [-0.4, -0.2) is 16.7 Å². The van der Waals surface area contributed by atoms with Crippen molar-refractivity contribution in [2.45, 2.75) is 6.04 Å². The SMILES string of the molecule is Cl.Cl.NC(CO)c1cscn1. The Balaban J connectivity index is 0. The maximum absolute atomic E-state index is 8.55. The Bertz CT molecular complexity index is 171. The molecule has 1 aromatic heterocycles. The van der Waals surface area contributed by atoms with Gasteiger partial charge in [0, 0.05) is 5.38 Å². The quantitative estimate of drug-likeness (QED) is 0.776. The number of halogens is 2. The summed E-state index contributed by atoms with van der Waals surface area (Å²) in [5, 5.41) is 10.4. The molecule has 0 radical (unpaired) electrons. The van der Waals surface area contributed by atoms with E-state index in [0.717, 1.165) is 5.69 Å². The van der Waals surface area contributed by atoms with Gasteiger partial charge in [-0.1, -0.05) is 0 Å². The van der Waals surface area contributed by atoms with Crippen LogP contribution in [0, 0.1) is 0 Å². The highest BCUT2D eigenvalue weighted by atomic mass is 35.5. The van der Waals surface area contributed by atoms with Crippen LogP contribution in [-0.2, 0) is 0 Å². The fraction of sp³-hybridized carbons (Fsp3) is 0.400. The summed E-state index contributed by atoms with van der Waals surface area (Å²) in [4.78, 5) is 3.92. The molecule has 0 spiro atoms. The lowest BCUT2D eigenvalue weighted by Gasteiger charge is -2.00. The second-order valence-electron chi connectivity index (χ2n) is 1.70. The fourth-order valence-corrected chi connectivity index (χ4v) is 1.12. The first kappa shape index (κ1) is 13.7. The molecule has 0 bridgehead atoms. The third kappa shape index (κ3) is 3.88. The highest BCUT2D eigenvalue weighted by Crippen LogP contribution is 2.08. The van der Waals surface area contributed by atoms with E-state index in [1.807, 2.05) is 5.38 Å². The highest BCUT2D eigenvalue weighted by Gasteiger charge is 2.03. The zero-order valence-electron chi connectivity index (χ0n) is 5.64.